The van der Waals surface area contributed by atoms with Crippen molar-refractivity contribution in [3.63, 3.8) is 0 Å². The van der Waals surface area contributed by atoms with Gasteiger partial charge in [0.15, 0.2) is 6.61 Å². The maximum Gasteiger partial charge on any atom is 0.305 e. The minimum absolute atomic E-state index is 0.0433. The molecule has 23 heavy (non-hydrogen) atoms. The molecule has 1 heterocycles. The van der Waals surface area contributed by atoms with Crippen LogP contribution in [-0.2, 0) is 9.59 Å². The molecule has 0 spiro atoms. The van der Waals surface area contributed by atoms with E-state index in [9.17, 15) is 14.4 Å². The summed E-state index contributed by atoms with van der Waals surface area (Å²) >= 11 is 0. The summed E-state index contributed by atoms with van der Waals surface area (Å²) in [4.78, 5) is 36.3. The van der Waals surface area contributed by atoms with Crippen molar-refractivity contribution in [2.24, 2.45) is 5.92 Å². The van der Waals surface area contributed by atoms with Crippen molar-refractivity contribution in [2.45, 2.75) is 20.3 Å². The zero-order valence-corrected chi connectivity index (χ0v) is 13.2. The van der Waals surface area contributed by atoms with E-state index < -0.39 is 5.97 Å². The Balaban J connectivity index is 2.19. The molecule has 124 valence electrons. The zero-order chi connectivity index (χ0) is 17.0. The van der Waals surface area contributed by atoms with Gasteiger partial charge >= 0.3 is 5.97 Å². The van der Waals surface area contributed by atoms with E-state index in [2.05, 4.69) is 5.32 Å². The Bertz CT molecular complexity index is 627. The van der Waals surface area contributed by atoms with Crippen LogP contribution < -0.4 is 10.1 Å². The third kappa shape index (κ3) is 4.45. The number of aliphatic carboxylic acids is 1. The quantitative estimate of drug-likeness (QED) is 0.830. The van der Waals surface area contributed by atoms with Gasteiger partial charge in [0.2, 0.25) is 0 Å². The van der Waals surface area contributed by atoms with Crippen molar-refractivity contribution in [3.8, 4) is 5.75 Å². The molecule has 0 aliphatic carbocycles. The lowest BCUT2D eigenvalue weighted by molar-refractivity contribution is -0.137. The largest absolute Gasteiger partial charge is 0.482 e. The highest BCUT2D eigenvalue weighted by atomic mass is 16.5. The van der Waals surface area contributed by atoms with Crippen molar-refractivity contribution >= 4 is 23.5 Å². The van der Waals surface area contributed by atoms with E-state index in [0.29, 0.717) is 23.5 Å². The standard InChI is InChI=1S/C16H20N2O5/c1-10(2)8-18(6-5-15(20)21)16(22)11-3-4-13-12(7-11)17-14(19)9-23-13/h3-4,7,10H,5-6,8-9H2,1-2H3,(H,17,19)(H,20,21). The molecule has 2 rings (SSSR count). The van der Waals surface area contributed by atoms with Gasteiger partial charge in [-0.25, -0.2) is 0 Å². The first-order chi connectivity index (χ1) is 10.9. The normalized spacial score (nSPS) is 13.1. The van der Waals surface area contributed by atoms with Crippen LogP contribution in [-0.4, -0.2) is 47.5 Å². The molecule has 7 heteroatoms. The lowest BCUT2D eigenvalue weighted by atomic mass is 10.1. The lowest BCUT2D eigenvalue weighted by Gasteiger charge is -2.25. The van der Waals surface area contributed by atoms with Crippen LogP contribution in [0.15, 0.2) is 18.2 Å². The smallest absolute Gasteiger partial charge is 0.305 e. The van der Waals surface area contributed by atoms with Crippen LogP contribution in [0.4, 0.5) is 5.69 Å². The molecule has 0 fully saturated rings. The molecule has 1 aromatic carbocycles. The fraction of sp³-hybridized carbons (Fsp3) is 0.438. The van der Waals surface area contributed by atoms with E-state index >= 15 is 0 Å². The number of ether oxygens (including phenoxy) is 1. The average molecular weight is 320 g/mol. The molecule has 2 amide bonds. The van der Waals surface area contributed by atoms with Crippen LogP contribution >= 0.6 is 0 Å². The van der Waals surface area contributed by atoms with Crippen molar-refractivity contribution in [3.05, 3.63) is 23.8 Å². The number of nitrogens with one attached hydrogen (secondary N) is 1. The number of carbonyl (C=O) groups is 3. The highest BCUT2D eigenvalue weighted by Crippen LogP contribution is 2.29. The second-order valence-corrected chi connectivity index (χ2v) is 5.84. The third-order valence-corrected chi connectivity index (χ3v) is 3.33. The van der Waals surface area contributed by atoms with Gasteiger partial charge < -0.3 is 20.1 Å². The van der Waals surface area contributed by atoms with Crippen molar-refractivity contribution < 1.29 is 24.2 Å². The first-order valence-corrected chi connectivity index (χ1v) is 7.44. The Morgan fingerprint density at radius 1 is 1.39 bits per heavy atom. The summed E-state index contributed by atoms with van der Waals surface area (Å²) in [5.74, 6) is -0.747. The number of nitrogens with zero attached hydrogens (tertiary/aromatic N) is 1. The number of amides is 2. The van der Waals surface area contributed by atoms with Crippen molar-refractivity contribution in [2.75, 3.05) is 25.0 Å². The number of carboxylic acids is 1. The van der Waals surface area contributed by atoms with Crippen LogP contribution in [0.5, 0.6) is 5.75 Å². The summed E-state index contributed by atoms with van der Waals surface area (Å²) in [6.07, 6.45) is -0.108. The van der Waals surface area contributed by atoms with Gasteiger partial charge in [-0.2, -0.15) is 0 Å². The van der Waals surface area contributed by atoms with Crippen molar-refractivity contribution in [1.82, 2.24) is 4.90 Å². The molecule has 0 atom stereocenters. The molecule has 7 nitrogen and oxygen atoms in total. The van der Waals surface area contributed by atoms with Gasteiger partial charge in [0.1, 0.15) is 5.75 Å². The minimum Gasteiger partial charge on any atom is -0.482 e. The van der Waals surface area contributed by atoms with Gasteiger partial charge in [-0.15, -0.1) is 0 Å². The van der Waals surface area contributed by atoms with E-state index in [1.54, 1.807) is 18.2 Å². The fourth-order valence-corrected chi connectivity index (χ4v) is 2.35. The SMILES string of the molecule is CC(C)CN(CCC(=O)O)C(=O)c1ccc2c(c1)NC(=O)CO2. The van der Waals surface area contributed by atoms with Crippen LogP contribution in [0, 0.1) is 5.92 Å². The predicted molar refractivity (Wildman–Crippen MR) is 83.6 cm³/mol. The Kier molecular flexibility index (Phi) is 5.20. The lowest BCUT2D eigenvalue weighted by Crippen LogP contribution is -2.36. The summed E-state index contributed by atoms with van der Waals surface area (Å²) in [6.45, 7) is 4.49. The van der Waals surface area contributed by atoms with Gasteiger partial charge in [-0.3, -0.25) is 14.4 Å². The third-order valence-electron chi connectivity index (χ3n) is 3.33. The van der Waals surface area contributed by atoms with Crippen LogP contribution in [0.2, 0.25) is 0 Å². The number of benzene rings is 1. The van der Waals surface area contributed by atoms with E-state index in [0.717, 1.165) is 0 Å². The Morgan fingerprint density at radius 2 is 2.13 bits per heavy atom. The molecule has 0 bridgehead atoms. The number of carboxylic acid groups (broad SMARTS) is 1. The second kappa shape index (κ2) is 7.13. The van der Waals surface area contributed by atoms with Crippen LogP contribution in [0.3, 0.4) is 0 Å². The Morgan fingerprint density at radius 3 is 2.78 bits per heavy atom. The van der Waals surface area contributed by atoms with Crippen LogP contribution in [0.25, 0.3) is 0 Å². The molecular weight excluding hydrogens is 300 g/mol. The van der Waals surface area contributed by atoms with Crippen molar-refractivity contribution in [1.29, 1.82) is 0 Å². The predicted octanol–water partition coefficient (Wildman–Crippen LogP) is 1.59. The Hall–Kier alpha value is -2.57. The highest BCUT2D eigenvalue weighted by molar-refractivity contribution is 6.00. The van der Waals surface area contributed by atoms with Gasteiger partial charge in [-0.1, -0.05) is 13.8 Å². The monoisotopic (exact) mass is 320 g/mol. The van der Waals surface area contributed by atoms with Gasteiger partial charge in [0.05, 0.1) is 12.1 Å². The summed E-state index contributed by atoms with van der Waals surface area (Å²) in [6, 6.07) is 4.81. The minimum atomic E-state index is -0.947. The number of rotatable bonds is 6. The molecule has 0 saturated heterocycles. The maximum absolute atomic E-state index is 12.6. The number of hydrogen-bond acceptors (Lipinski definition) is 4. The summed E-state index contributed by atoms with van der Waals surface area (Å²) in [5.41, 5.74) is 0.843. The molecule has 1 aromatic rings. The van der Waals surface area contributed by atoms with Gasteiger partial charge in [-0.05, 0) is 24.1 Å². The topological polar surface area (TPSA) is 95.9 Å². The fourth-order valence-electron chi connectivity index (χ4n) is 2.35. The van der Waals surface area contributed by atoms with E-state index in [1.165, 1.54) is 4.90 Å². The summed E-state index contributed by atoms with van der Waals surface area (Å²) in [7, 11) is 0. The first kappa shape index (κ1) is 16.8. The number of fused-ring (bicyclic) bond motifs is 1. The number of carbonyl (C=O) groups excluding carboxylic acids is 2. The first-order valence-electron chi connectivity index (χ1n) is 7.44. The Labute approximate surface area is 134 Å². The molecule has 0 radical (unpaired) electrons. The maximum atomic E-state index is 12.6. The van der Waals surface area contributed by atoms with Gasteiger partial charge in [0, 0.05) is 18.7 Å². The zero-order valence-electron chi connectivity index (χ0n) is 13.2. The number of anilines is 1. The van der Waals surface area contributed by atoms with E-state index in [1.807, 2.05) is 13.8 Å². The van der Waals surface area contributed by atoms with E-state index in [4.69, 9.17) is 9.84 Å². The molecule has 0 saturated carbocycles. The molecule has 0 aromatic heterocycles. The molecule has 1 aliphatic heterocycles. The summed E-state index contributed by atoms with van der Waals surface area (Å²) in [5, 5.41) is 11.5. The molecule has 2 N–H and O–H groups in total. The van der Waals surface area contributed by atoms with Gasteiger partial charge in [0.25, 0.3) is 11.8 Å². The highest BCUT2D eigenvalue weighted by Gasteiger charge is 2.21. The van der Waals surface area contributed by atoms with E-state index in [-0.39, 0.29) is 37.3 Å². The average Bonchev–Trinajstić information content (AvgIpc) is 2.49. The molecule has 1 aliphatic rings. The second-order valence-electron chi connectivity index (χ2n) is 5.84. The molecular formula is C16H20N2O5. The number of hydrogen-bond donors (Lipinski definition) is 2. The van der Waals surface area contributed by atoms with Crippen LogP contribution in [0.1, 0.15) is 30.6 Å². The molecule has 0 unspecified atom stereocenters. The summed E-state index contributed by atoms with van der Waals surface area (Å²) < 4.78 is 5.26.